The van der Waals surface area contributed by atoms with Crippen molar-refractivity contribution >= 4 is 22.1 Å². The predicted molar refractivity (Wildman–Crippen MR) is 68.3 cm³/mol. The Bertz CT molecular complexity index is 707. The Labute approximate surface area is 99.1 Å². The Morgan fingerprint density at radius 1 is 0.824 bits per heavy atom. The van der Waals surface area contributed by atoms with E-state index in [1.165, 1.54) is 5.56 Å². The summed E-state index contributed by atoms with van der Waals surface area (Å²) in [5, 5.41) is 0. The normalized spacial score (nSPS) is 10.9. The number of hydrogen-bond donors (Lipinski definition) is 0. The summed E-state index contributed by atoms with van der Waals surface area (Å²) in [4.78, 5) is 9.18. The molecule has 0 unspecified atom stereocenters. The molecule has 3 heteroatoms. The molecule has 0 spiro atoms. The fourth-order valence-corrected chi connectivity index (χ4v) is 1.89. The van der Waals surface area contributed by atoms with Crippen molar-refractivity contribution in [2.45, 2.75) is 6.92 Å². The maximum Gasteiger partial charge on any atom is 0.121 e. The molecule has 3 aromatic rings. The molecule has 0 amide bonds. The van der Waals surface area contributed by atoms with Gasteiger partial charge in [0.05, 0.1) is 29.2 Å². The number of aromatic nitrogens is 2. The van der Waals surface area contributed by atoms with Gasteiger partial charge in [0.2, 0.25) is 0 Å². The highest BCUT2D eigenvalue weighted by Crippen LogP contribution is 2.21. The van der Waals surface area contributed by atoms with E-state index in [-0.39, 0.29) is 0 Å². The Kier molecular flexibility index (Phi) is 2.18. The molecule has 1 aromatic heterocycles. The number of rotatable bonds is 1. The lowest BCUT2D eigenvalue weighted by Gasteiger charge is -2.04. The van der Waals surface area contributed by atoms with Gasteiger partial charge in [0.15, 0.2) is 0 Å². The second kappa shape index (κ2) is 3.70. The number of aryl methyl sites for hydroxylation is 1. The lowest BCUT2D eigenvalue weighted by Crippen LogP contribution is -1.89. The third kappa shape index (κ3) is 1.69. The number of methoxy groups -OCH3 is 1. The van der Waals surface area contributed by atoms with Gasteiger partial charge in [0.1, 0.15) is 5.75 Å². The van der Waals surface area contributed by atoms with Gasteiger partial charge in [-0.1, -0.05) is 6.07 Å². The minimum atomic E-state index is 0.804. The molecule has 0 N–H and O–H groups in total. The average Bonchev–Trinajstić information content (AvgIpc) is 2.35. The van der Waals surface area contributed by atoms with Crippen LogP contribution in [-0.4, -0.2) is 17.1 Å². The summed E-state index contributed by atoms with van der Waals surface area (Å²) < 4.78 is 5.19. The Hall–Kier alpha value is -2.16. The van der Waals surface area contributed by atoms with Crippen molar-refractivity contribution in [3.05, 3.63) is 42.0 Å². The van der Waals surface area contributed by atoms with Gasteiger partial charge in [-0.3, -0.25) is 0 Å². The smallest absolute Gasteiger partial charge is 0.121 e. The van der Waals surface area contributed by atoms with Crippen LogP contribution in [0.5, 0.6) is 5.75 Å². The molecule has 0 atom stereocenters. The van der Waals surface area contributed by atoms with Crippen LogP contribution in [-0.2, 0) is 0 Å². The van der Waals surface area contributed by atoms with Crippen LogP contribution in [0.15, 0.2) is 36.4 Å². The highest BCUT2D eigenvalue weighted by molar-refractivity contribution is 5.87. The van der Waals surface area contributed by atoms with Crippen molar-refractivity contribution in [3.8, 4) is 5.75 Å². The van der Waals surface area contributed by atoms with Crippen molar-refractivity contribution in [3.63, 3.8) is 0 Å². The summed E-state index contributed by atoms with van der Waals surface area (Å²) in [7, 11) is 1.65. The van der Waals surface area contributed by atoms with Gasteiger partial charge in [-0.25, -0.2) is 9.97 Å². The Morgan fingerprint density at radius 2 is 1.47 bits per heavy atom. The van der Waals surface area contributed by atoms with E-state index in [1.54, 1.807) is 7.11 Å². The maximum absolute atomic E-state index is 5.19. The minimum Gasteiger partial charge on any atom is -0.497 e. The molecule has 0 saturated heterocycles. The van der Waals surface area contributed by atoms with Gasteiger partial charge in [0.25, 0.3) is 0 Å². The second-order valence-electron chi connectivity index (χ2n) is 4.07. The minimum absolute atomic E-state index is 0.804. The largest absolute Gasteiger partial charge is 0.497 e. The monoisotopic (exact) mass is 224 g/mol. The van der Waals surface area contributed by atoms with Gasteiger partial charge < -0.3 is 4.74 Å². The van der Waals surface area contributed by atoms with Crippen LogP contribution in [0.3, 0.4) is 0 Å². The van der Waals surface area contributed by atoms with E-state index in [0.29, 0.717) is 0 Å². The first-order chi connectivity index (χ1) is 8.26. The van der Waals surface area contributed by atoms with Crippen molar-refractivity contribution in [2.24, 2.45) is 0 Å². The highest BCUT2D eigenvalue weighted by Gasteiger charge is 2.02. The third-order valence-corrected chi connectivity index (χ3v) is 2.80. The molecule has 0 fully saturated rings. The zero-order valence-electron chi connectivity index (χ0n) is 9.77. The molecular formula is C14H12N2O. The molecular weight excluding hydrogens is 212 g/mol. The van der Waals surface area contributed by atoms with Crippen molar-refractivity contribution < 1.29 is 4.74 Å². The van der Waals surface area contributed by atoms with E-state index in [2.05, 4.69) is 16.9 Å². The van der Waals surface area contributed by atoms with Gasteiger partial charge in [-0.2, -0.15) is 0 Å². The van der Waals surface area contributed by atoms with Crippen LogP contribution in [0.25, 0.3) is 22.1 Å². The van der Waals surface area contributed by atoms with Crippen LogP contribution in [0.2, 0.25) is 0 Å². The summed E-state index contributed by atoms with van der Waals surface area (Å²) in [6.07, 6.45) is 0. The van der Waals surface area contributed by atoms with Crippen molar-refractivity contribution in [1.82, 2.24) is 9.97 Å². The first-order valence-electron chi connectivity index (χ1n) is 5.48. The fraction of sp³-hybridized carbons (Fsp3) is 0.143. The van der Waals surface area contributed by atoms with Crippen LogP contribution in [0.4, 0.5) is 0 Å². The third-order valence-electron chi connectivity index (χ3n) is 2.80. The number of nitrogens with zero attached hydrogens (tertiary/aromatic N) is 2. The van der Waals surface area contributed by atoms with E-state index in [9.17, 15) is 0 Å². The number of ether oxygens (including phenoxy) is 1. The van der Waals surface area contributed by atoms with Crippen LogP contribution < -0.4 is 4.74 Å². The van der Waals surface area contributed by atoms with E-state index >= 15 is 0 Å². The lowest BCUT2D eigenvalue weighted by atomic mass is 10.2. The summed E-state index contributed by atoms with van der Waals surface area (Å²) in [5.41, 5.74) is 4.79. The molecule has 0 saturated carbocycles. The second-order valence-corrected chi connectivity index (χ2v) is 4.07. The quantitative estimate of drug-likeness (QED) is 0.596. The number of hydrogen-bond acceptors (Lipinski definition) is 3. The maximum atomic E-state index is 5.19. The van der Waals surface area contributed by atoms with E-state index in [4.69, 9.17) is 4.74 Å². The first kappa shape index (κ1) is 10.0. The number of benzene rings is 2. The van der Waals surface area contributed by atoms with Crippen LogP contribution in [0, 0.1) is 6.92 Å². The van der Waals surface area contributed by atoms with Gasteiger partial charge in [-0.05, 0) is 36.8 Å². The molecule has 1 heterocycles. The Morgan fingerprint density at radius 3 is 2.18 bits per heavy atom. The summed E-state index contributed by atoms with van der Waals surface area (Å²) >= 11 is 0. The molecule has 84 valence electrons. The van der Waals surface area contributed by atoms with Gasteiger partial charge >= 0.3 is 0 Å². The molecule has 0 bridgehead atoms. The zero-order valence-corrected chi connectivity index (χ0v) is 9.77. The standard InChI is InChI=1S/C14H12N2O/c1-9-3-5-11-13(7-9)15-12-6-4-10(17-2)8-14(12)16-11/h3-8H,1-2H3. The number of fused-ring (bicyclic) bond motifs is 2. The first-order valence-corrected chi connectivity index (χ1v) is 5.48. The predicted octanol–water partition coefficient (Wildman–Crippen LogP) is 3.10. The topological polar surface area (TPSA) is 35.0 Å². The average molecular weight is 224 g/mol. The van der Waals surface area contributed by atoms with Crippen LogP contribution >= 0.6 is 0 Å². The summed E-state index contributed by atoms with van der Waals surface area (Å²) in [6.45, 7) is 2.05. The molecule has 0 aliphatic carbocycles. The fourth-order valence-electron chi connectivity index (χ4n) is 1.89. The molecule has 0 aliphatic heterocycles. The van der Waals surface area contributed by atoms with E-state index in [1.807, 2.05) is 36.4 Å². The SMILES string of the molecule is COc1ccc2nc3cc(C)ccc3nc2c1. The zero-order chi connectivity index (χ0) is 11.8. The molecule has 2 aromatic carbocycles. The lowest BCUT2D eigenvalue weighted by molar-refractivity contribution is 0.415. The molecule has 0 radical (unpaired) electrons. The highest BCUT2D eigenvalue weighted by atomic mass is 16.5. The van der Waals surface area contributed by atoms with E-state index in [0.717, 1.165) is 27.8 Å². The van der Waals surface area contributed by atoms with Crippen LogP contribution in [0.1, 0.15) is 5.56 Å². The van der Waals surface area contributed by atoms with Gasteiger partial charge in [0, 0.05) is 6.07 Å². The molecule has 3 rings (SSSR count). The summed E-state index contributed by atoms with van der Waals surface area (Å²) in [5.74, 6) is 0.804. The van der Waals surface area contributed by atoms with Crippen molar-refractivity contribution in [2.75, 3.05) is 7.11 Å². The molecule has 17 heavy (non-hydrogen) atoms. The molecule has 3 nitrogen and oxygen atoms in total. The van der Waals surface area contributed by atoms with Crippen molar-refractivity contribution in [1.29, 1.82) is 0 Å². The summed E-state index contributed by atoms with van der Waals surface area (Å²) in [6, 6.07) is 11.8. The van der Waals surface area contributed by atoms with Gasteiger partial charge in [-0.15, -0.1) is 0 Å². The Balaban J connectivity index is 2.35. The molecule has 0 aliphatic rings. The van der Waals surface area contributed by atoms with E-state index < -0.39 is 0 Å².